The minimum atomic E-state index is -0.523. The molecule has 3 aromatic rings. The molecule has 3 amide bonds. The summed E-state index contributed by atoms with van der Waals surface area (Å²) in [5.41, 5.74) is 5.22. The Hall–Kier alpha value is -3.82. The van der Waals surface area contributed by atoms with Crippen LogP contribution in [0.4, 0.5) is 10.5 Å². The van der Waals surface area contributed by atoms with E-state index in [-0.39, 0.29) is 11.4 Å². The van der Waals surface area contributed by atoms with Crippen LogP contribution in [0.15, 0.2) is 76.6 Å². The van der Waals surface area contributed by atoms with Crippen molar-refractivity contribution in [1.82, 2.24) is 4.90 Å². The number of ether oxygens (including phenoxy) is 2. The highest BCUT2D eigenvalue weighted by molar-refractivity contribution is 9.10. The summed E-state index contributed by atoms with van der Waals surface area (Å²) in [5, 5.41) is 2.26. The molecule has 0 unspecified atom stereocenters. The van der Waals surface area contributed by atoms with E-state index in [0.717, 1.165) is 43.4 Å². The second-order valence-electron chi connectivity index (χ2n) is 9.23. The van der Waals surface area contributed by atoms with E-state index in [1.807, 2.05) is 56.3 Å². The SMILES string of the molecule is C=CCc1cc(/C=C2/SC(=O)N(CC(=O)Nc3ccc(C)c(C)c3)C2=O)cc(OC)c1OCc1ccc(Br)cc1. The van der Waals surface area contributed by atoms with Crippen molar-refractivity contribution in [2.24, 2.45) is 0 Å². The van der Waals surface area contributed by atoms with Gasteiger partial charge in [0.2, 0.25) is 5.91 Å². The van der Waals surface area contributed by atoms with Crippen LogP contribution in [0.2, 0.25) is 0 Å². The maximum atomic E-state index is 13.1. The molecule has 40 heavy (non-hydrogen) atoms. The van der Waals surface area contributed by atoms with E-state index in [1.54, 1.807) is 31.4 Å². The lowest BCUT2D eigenvalue weighted by molar-refractivity contribution is -0.127. The number of nitrogens with zero attached hydrogens (tertiary/aromatic N) is 1. The molecule has 1 aliphatic rings. The number of carbonyl (C=O) groups is 3. The zero-order chi connectivity index (χ0) is 28.8. The summed E-state index contributed by atoms with van der Waals surface area (Å²) in [6.07, 6.45) is 3.89. The van der Waals surface area contributed by atoms with Crippen LogP contribution >= 0.6 is 27.7 Å². The van der Waals surface area contributed by atoms with Crippen LogP contribution in [0, 0.1) is 13.8 Å². The van der Waals surface area contributed by atoms with E-state index in [4.69, 9.17) is 9.47 Å². The summed E-state index contributed by atoms with van der Waals surface area (Å²) >= 11 is 4.23. The van der Waals surface area contributed by atoms with Gasteiger partial charge in [-0.05, 0) is 96.8 Å². The molecule has 0 spiro atoms. The van der Waals surface area contributed by atoms with E-state index in [9.17, 15) is 14.4 Å². The lowest BCUT2D eigenvalue weighted by Gasteiger charge is -2.16. The minimum absolute atomic E-state index is 0.221. The number of allylic oxidation sites excluding steroid dienone is 1. The lowest BCUT2D eigenvalue weighted by Crippen LogP contribution is -2.36. The largest absolute Gasteiger partial charge is 0.493 e. The second kappa shape index (κ2) is 13.0. The van der Waals surface area contributed by atoms with Gasteiger partial charge in [0.15, 0.2) is 11.5 Å². The molecule has 206 valence electrons. The minimum Gasteiger partial charge on any atom is -0.493 e. The van der Waals surface area contributed by atoms with E-state index in [2.05, 4.69) is 27.8 Å². The van der Waals surface area contributed by atoms with Crippen LogP contribution in [0.25, 0.3) is 6.08 Å². The first-order valence-corrected chi connectivity index (χ1v) is 14.1. The fraction of sp³-hybridized carbons (Fsp3) is 0.194. The standard InChI is InChI=1S/C31H29BrN2O5S/c1-5-6-23-14-22(15-26(38-4)29(23)39-18-21-8-10-24(32)11-9-21)16-27-30(36)34(31(37)40-27)17-28(35)33-25-12-7-19(2)20(3)13-25/h5,7-16H,1,6,17-18H2,2-4H3,(H,33,35)/b27-16+. The highest BCUT2D eigenvalue weighted by Gasteiger charge is 2.36. The Labute approximate surface area is 246 Å². The van der Waals surface area contributed by atoms with Gasteiger partial charge in [-0.15, -0.1) is 6.58 Å². The van der Waals surface area contributed by atoms with Crippen LogP contribution in [0.3, 0.4) is 0 Å². The first kappa shape index (κ1) is 29.2. The van der Waals surface area contributed by atoms with E-state index >= 15 is 0 Å². The molecule has 4 rings (SSSR count). The maximum absolute atomic E-state index is 13.1. The van der Waals surface area contributed by atoms with Gasteiger partial charge in [-0.25, -0.2) is 0 Å². The Kier molecular flexibility index (Phi) is 9.50. The maximum Gasteiger partial charge on any atom is 0.294 e. The van der Waals surface area contributed by atoms with Gasteiger partial charge < -0.3 is 14.8 Å². The Balaban J connectivity index is 1.51. The zero-order valence-electron chi connectivity index (χ0n) is 22.5. The van der Waals surface area contributed by atoms with Gasteiger partial charge in [-0.3, -0.25) is 19.3 Å². The molecule has 3 aromatic carbocycles. The van der Waals surface area contributed by atoms with Gasteiger partial charge >= 0.3 is 0 Å². The average Bonchev–Trinajstić information content (AvgIpc) is 3.18. The molecule has 0 radical (unpaired) electrons. The molecule has 0 aliphatic carbocycles. The molecule has 1 N–H and O–H groups in total. The van der Waals surface area contributed by atoms with Gasteiger partial charge in [0.25, 0.3) is 11.1 Å². The third-order valence-corrected chi connectivity index (χ3v) is 7.73. The molecule has 1 aliphatic heterocycles. The number of amides is 3. The number of anilines is 1. The van der Waals surface area contributed by atoms with E-state index in [1.165, 1.54) is 0 Å². The predicted molar refractivity (Wildman–Crippen MR) is 163 cm³/mol. The number of hydrogen-bond acceptors (Lipinski definition) is 6. The number of methoxy groups -OCH3 is 1. The number of rotatable bonds is 10. The van der Waals surface area contributed by atoms with Crippen LogP contribution in [0.5, 0.6) is 11.5 Å². The average molecular weight is 622 g/mol. The van der Waals surface area contributed by atoms with Crippen molar-refractivity contribution in [2.75, 3.05) is 19.0 Å². The Morgan fingerprint density at radius 2 is 1.82 bits per heavy atom. The van der Waals surface area contributed by atoms with Crippen LogP contribution < -0.4 is 14.8 Å². The van der Waals surface area contributed by atoms with Gasteiger partial charge in [-0.2, -0.15) is 0 Å². The monoisotopic (exact) mass is 620 g/mol. The van der Waals surface area contributed by atoms with Gasteiger partial charge in [0, 0.05) is 15.7 Å². The molecule has 0 saturated carbocycles. The fourth-order valence-corrected chi connectivity index (χ4v) is 5.18. The number of halogens is 1. The smallest absolute Gasteiger partial charge is 0.294 e. The lowest BCUT2D eigenvalue weighted by atomic mass is 10.0. The fourth-order valence-electron chi connectivity index (χ4n) is 4.08. The molecule has 0 atom stereocenters. The summed E-state index contributed by atoms with van der Waals surface area (Å²) in [6, 6.07) is 17.0. The Bertz CT molecular complexity index is 1500. The molecule has 0 bridgehead atoms. The Morgan fingerprint density at radius 1 is 1.07 bits per heavy atom. The number of hydrogen-bond donors (Lipinski definition) is 1. The first-order chi connectivity index (χ1) is 19.2. The third-order valence-electron chi connectivity index (χ3n) is 6.30. The van der Waals surface area contributed by atoms with Gasteiger partial charge in [-0.1, -0.05) is 40.2 Å². The molecule has 7 nitrogen and oxygen atoms in total. The number of benzene rings is 3. The second-order valence-corrected chi connectivity index (χ2v) is 11.1. The van der Waals surface area contributed by atoms with Crippen molar-refractivity contribution in [3.8, 4) is 11.5 Å². The summed E-state index contributed by atoms with van der Waals surface area (Å²) < 4.78 is 12.7. The quantitative estimate of drug-likeness (QED) is 0.193. The molecule has 0 aromatic heterocycles. The molecule has 1 heterocycles. The van der Waals surface area contributed by atoms with E-state index < -0.39 is 17.1 Å². The van der Waals surface area contributed by atoms with E-state index in [0.29, 0.717) is 35.8 Å². The van der Waals surface area contributed by atoms with Crippen LogP contribution in [0.1, 0.15) is 27.8 Å². The normalized spacial score (nSPS) is 14.0. The van der Waals surface area contributed by atoms with Crippen molar-refractivity contribution < 1.29 is 23.9 Å². The summed E-state index contributed by atoms with van der Waals surface area (Å²) in [5.74, 6) is 0.104. The summed E-state index contributed by atoms with van der Waals surface area (Å²) in [6.45, 7) is 7.75. The molecule has 1 saturated heterocycles. The Morgan fingerprint density at radius 3 is 2.50 bits per heavy atom. The van der Waals surface area contributed by atoms with Gasteiger partial charge in [0.1, 0.15) is 13.2 Å². The number of carbonyl (C=O) groups excluding carboxylic acids is 3. The first-order valence-electron chi connectivity index (χ1n) is 12.5. The van der Waals surface area contributed by atoms with Crippen LogP contribution in [-0.2, 0) is 22.6 Å². The topological polar surface area (TPSA) is 84.9 Å². The van der Waals surface area contributed by atoms with Crippen molar-refractivity contribution in [3.05, 3.63) is 104 Å². The summed E-state index contributed by atoms with van der Waals surface area (Å²) in [4.78, 5) is 39.5. The third kappa shape index (κ3) is 7.03. The van der Waals surface area contributed by atoms with Gasteiger partial charge in [0.05, 0.1) is 12.0 Å². The van der Waals surface area contributed by atoms with Crippen molar-refractivity contribution in [2.45, 2.75) is 26.9 Å². The zero-order valence-corrected chi connectivity index (χ0v) is 24.9. The van der Waals surface area contributed by atoms with Crippen LogP contribution in [-0.4, -0.2) is 35.6 Å². The highest BCUT2D eigenvalue weighted by atomic mass is 79.9. The highest BCUT2D eigenvalue weighted by Crippen LogP contribution is 2.37. The van der Waals surface area contributed by atoms with Crippen molar-refractivity contribution in [3.63, 3.8) is 0 Å². The molecule has 1 fully saturated rings. The predicted octanol–water partition coefficient (Wildman–Crippen LogP) is 7.06. The summed E-state index contributed by atoms with van der Waals surface area (Å²) in [7, 11) is 1.55. The molecular weight excluding hydrogens is 592 g/mol. The number of imide groups is 1. The van der Waals surface area contributed by atoms with Crippen molar-refractivity contribution in [1.29, 1.82) is 0 Å². The number of aryl methyl sites for hydroxylation is 2. The molecular formula is C31H29BrN2O5S. The van der Waals surface area contributed by atoms with Crippen molar-refractivity contribution >= 4 is 56.5 Å². The number of nitrogens with one attached hydrogen (secondary N) is 1. The molecule has 9 heteroatoms. The number of thioether (sulfide) groups is 1.